The normalized spacial score (nSPS) is 33.6. The molecule has 0 aromatic heterocycles. The lowest BCUT2D eigenvalue weighted by molar-refractivity contribution is -0.123. The Morgan fingerprint density at radius 3 is 2.64 bits per heavy atom. The van der Waals surface area contributed by atoms with Crippen LogP contribution in [0.25, 0.3) is 0 Å². The standard InChI is InChI=1S/C13H20O/c14-11-13(9-6-10-13)12-7-4-2-1-3-5-8-12/h4,7,11-12H,1-3,5-6,8-10H2/b7-4-. The van der Waals surface area contributed by atoms with Gasteiger partial charge in [-0.2, -0.15) is 0 Å². The number of allylic oxidation sites excluding steroid dienone is 2. The Balaban J connectivity index is 2.05. The summed E-state index contributed by atoms with van der Waals surface area (Å²) >= 11 is 0. The molecule has 1 atom stereocenters. The first-order valence-electron chi connectivity index (χ1n) is 6.00. The summed E-state index contributed by atoms with van der Waals surface area (Å²) in [5.74, 6) is 0.550. The molecule has 0 aliphatic heterocycles. The van der Waals surface area contributed by atoms with E-state index in [-0.39, 0.29) is 5.41 Å². The highest BCUT2D eigenvalue weighted by Gasteiger charge is 2.42. The van der Waals surface area contributed by atoms with E-state index in [1.807, 2.05) is 0 Å². The lowest BCUT2D eigenvalue weighted by atomic mass is 9.60. The topological polar surface area (TPSA) is 17.1 Å². The second-order valence-corrected chi connectivity index (χ2v) is 4.88. The second-order valence-electron chi connectivity index (χ2n) is 4.88. The second kappa shape index (κ2) is 4.29. The summed E-state index contributed by atoms with van der Waals surface area (Å²) in [5.41, 5.74) is 0.0494. The van der Waals surface area contributed by atoms with Crippen molar-refractivity contribution in [3.8, 4) is 0 Å². The monoisotopic (exact) mass is 192 g/mol. The van der Waals surface area contributed by atoms with Gasteiger partial charge in [-0.25, -0.2) is 0 Å². The van der Waals surface area contributed by atoms with Crippen LogP contribution in [-0.2, 0) is 4.79 Å². The van der Waals surface area contributed by atoms with Gasteiger partial charge < -0.3 is 4.79 Å². The summed E-state index contributed by atoms with van der Waals surface area (Å²) in [7, 11) is 0. The predicted molar refractivity (Wildman–Crippen MR) is 58.1 cm³/mol. The maximum Gasteiger partial charge on any atom is 0.126 e. The third kappa shape index (κ3) is 1.77. The molecule has 0 spiro atoms. The van der Waals surface area contributed by atoms with Gasteiger partial charge in [0.15, 0.2) is 0 Å². The summed E-state index contributed by atoms with van der Waals surface area (Å²) < 4.78 is 0. The van der Waals surface area contributed by atoms with Crippen molar-refractivity contribution < 1.29 is 4.79 Å². The number of carbonyl (C=O) groups excluding carboxylic acids is 1. The Labute approximate surface area is 86.6 Å². The zero-order valence-electron chi connectivity index (χ0n) is 8.87. The van der Waals surface area contributed by atoms with E-state index in [4.69, 9.17) is 0 Å². The zero-order valence-corrected chi connectivity index (χ0v) is 8.87. The van der Waals surface area contributed by atoms with Gasteiger partial charge in [-0.1, -0.05) is 31.4 Å². The number of aldehydes is 1. The van der Waals surface area contributed by atoms with E-state index < -0.39 is 0 Å². The predicted octanol–water partition coefficient (Wildman–Crippen LogP) is 3.49. The van der Waals surface area contributed by atoms with Crippen LogP contribution in [0.15, 0.2) is 12.2 Å². The Hall–Kier alpha value is -0.590. The number of carbonyl (C=O) groups is 1. The molecule has 0 radical (unpaired) electrons. The van der Waals surface area contributed by atoms with Crippen LogP contribution >= 0.6 is 0 Å². The molecule has 1 saturated carbocycles. The highest BCUT2D eigenvalue weighted by molar-refractivity contribution is 5.62. The Morgan fingerprint density at radius 1 is 1.14 bits per heavy atom. The van der Waals surface area contributed by atoms with Crippen LogP contribution in [0.4, 0.5) is 0 Å². The first kappa shape index (κ1) is 9.95. The van der Waals surface area contributed by atoms with Gasteiger partial charge in [-0.05, 0) is 38.0 Å². The van der Waals surface area contributed by atoms with Gasteiger partial charge in [0.25, 0.3) is 0 Å². The molecule has 2 aliphatic rings. The SMILES string of the molecule is O=CC1(C2/C=C\CCCCC2)CCC1. The molecule has 1 unspecified atom stereocenters. The smallest absolute Gasteiger partial charge is 0.126 e. The Kier molecular flexibility index (Phi) is 3.05. The first-order valence-corrected chi connectivity index (χ1v) is 6.00. The van der Waals surface area contributed by atoms with Gasteiger partial charge in [-0.3, -0.25) is 0 Å². The lowest BCUT2D eigenvalue weighted by Crippen LogP contribution is -2.38. The van der Waals surface area contributed by atoms with Crippen LogP contribution in [-0.4, -0.2) is 6.29 Å². The molecule has 0 heterocycles. The van der Waals surface area contributed by atoms with Crippen LogP contribution in [0.5, 0.6) is 0 Å². The molecule has 0 aromatic rings. The van der Waals surface area contributed by atoms with Gasteiger partial charge in [0.1, 0.15) is 6.29 Å². The lowest BCUT2D eigenvalue weighted by Gasteiger charge is -2.42. The fraction of sp³-hybridized carbons (Fsp3) is 0.769. The summed E-state index contributed by atoms with van der Waals surface area (Å²) in [6, 6.07) is 0. The van der Waals surface area contributed by atoms with E-state index >= 15 is 0 Å². The molecule has 14 heavy (non-hydrogen) atoms. The quantitative estimate of drug-likeness (QED) is 0.483. The Bertz CT molecular complexity index is 225. The number of hydrogen-bond donors (Lipinski definition) is 0. The molecule has 78 valence electrons. The van der Waals surface area contributed by atoms with Crippen LogP contribution in [0.3, 0.4) is 0 Å². The van der Waals surface area contributed by atoms with Crippen molar-refractivity contribution in [2.24, 2.45) is 11.3 Å². The molecule has 2 rings (SSSR count). The minimum absolute atomic E-state index is 0.0494. The molecule has 0 N–H and O–H groups in total. The van der Waals surface area contributed by atoms with Gasteiger partial charge in [0, 0.05) is 5.41 Å². The van der Waals surface area contributed by atoms with E-state index in [1.165, 1.54) is 44.8 Å². The molecule has 1 fully saturated rings. The highest BCUT2D eigenvalue weighted by Crippen LogP contribution is 2.48. The molecular formula is C13H20O. The minimum atomic E-state index is 0.0494. The summed E-state index contributed by atoms with van der Waals surface area (Å²) in [6.07, 6.45) is 15.8. The fourth-order valence-electron chi connectivity index (χ4n) is 2.80. The fourth-order valence-corrected chi connectivity index (χ4v) is 2.80. The zero-order chi connectivity index (χ0) is 9.86. The van der Waals surface area contributed by atoms with Crippen molar-refractivity contribution in [1.29, 1.82) is 0 Å². The molecule has 1 heteroatoms. The van der Waals surface area contributed by atoms with Crippen molar-refractivity contribution in [3.05, 3.63) is 12.2 Å². The maximum absolute atomic E-state index is 11.2. The highest BCUT2D eigenvalue weighted by atomic mass is 16.1. The molecule has 0 saturated heterocycles. The van der Waals surface area contributed by atoms with E-state index in [2.05, 4.69) is 12.2 Å². The third-order valence-corrected chi connectivity index (χ3v) is 4.01. The molecule has 2 aliphatic carbocycles. The molecule has 0 amide bonds. The van der Waals surface area contributed by atoms with Crippen LogP contribution in [0, 0.1) is 11.3 Å². The van der Waals surface area contributed by atoms with Crippen LogP contribution in [0.2, 0.25) is 0 Å². The average molecular weight is 192 g/mol. The van der Waals surface area contributed by atoms with Crippen molar-refractivity contribution in [1.82, 2.24) is 0 Å². The average Bonchev–Trinajstić information content (AvgIpc) is 2.06. The third-order valence-electron chi connectivity index (χ3n) is 4.01. The van der Waals surface area contributed by atoms with Gasteiger partial charge in [0.05, 0.1) is 0 Å². The Morgan fingerprint density at radius 2 is 2.00 bits per heavy atom. The van der Waals surface area contributed by atoms with E-state index in [9.17, 15) is 4.79 Å². The van der Waals surface area contributed by atoms with Crippen LogP contribution in [0.1, 0.15) is 51.4 Å². The largest absolute Gasteiger partial charge is 0.303 e. The summed E-state index contributed by atoms with van der Waals surface area (Å²) in [5, 5.41) is 0. The van der Waals surface area contributed by atoms with Crippen molar-refractivity contribution in [2.45, 2.75) is 51.4 Å². The molecular weight excluding hydrogens is 172 g/mol. The van der Waals surface area contributed by atoms with E-state index in [0.29, 0.717) is 5.92 Å². The van der Waals surface area contributed by atoms with Gasteiger partial charge in [-0.15, -0.1) is 0 Å². The van der Waals surface area contributed by atoms with Crippen molar-refractivity contribution in [3.63, 3.8) is 0 Å². The van der Waals surface area contributed by atoms with Crippen LogP contribution < -0.4 is 0 Å². The number of rotatable bonds is 2. The molecule has 0 bridgehead atoms. The number of hydrogen-bond acceptors (Lipinski definition) is 1. The molecule has 0 aromatic carbocycles. The van der Waals surface area contributed by atoms with Crippen molar-refractivity contribution in [2.75, 3.05) is 0 Å². The van der Waals surface area contributed by atoms with Crippen molar-refractivity contribution >= 4 is 6.29 Å². The molecule has 1 nitrogen and oxygen atoms in total. The van der Waals surface area contributed by atoms with E-state index in [1.54, 1.807) is 0 Å². The van der Waals surface area contributed by atoms with Gasteiger partial charge in [0.2, 0.25) is 0 Å². The summed E-state index contributed by atoms with van der Waals surface area (Å²) in [4.78, 5) is 11.2. The maximum atomic E-state index is 11.2. The summed E-state index contributed by atoms with van der Waals surface area (Å²) in [6.45, 7) is 0. The van der Waals surface area contributed by atoms with E-state index in [0.717, 1.165) is 12.8 Å². The minimum Gasteiger partial charge on any atom is -0.303 e. The van der Waals surface area contributed by atoms with Gasteiger partial charge >= 0.3 is 0 Å². The first-order chi connectivity index (χ1) is 6.87.